The molecule has 1 aromatic carbocycles. The van der Waals surface area contributed by atoms with Gasteiger partial charge in [0.15, 0.2) is 6.61 Å². The number of thiophene rings is 1. The maximum atomic E-state index is 12.0. The maximum absolute atomic E-state index is 12.0. The lowest BCUT2D eigenvalue weighted by Crippen LogP contribution is -2.36. The Balaban J connectivity index is 2.12. The Kier molecular flexibility index (Phi) is 5.39. The fourth-order valence-electron chi connectivity index (χ4n) is 1.77. The van der Waals surface area contributed by atoms with Crippen LogP contribution in [0.3, 0.4) is 0 Å². The van der Waals surface area contributed by atoms with Crippen LogP contribution in [0.15, 0.2) is 35.7 Å². The van der Waals surface area contributed by atoms with Crippen LogP contribution in [0.1, 0.15) is 0 Å². The van der Waals surface area contributed by atoms with Crippen LogP contribution in [0.4, 0.5) is 18.9 Å². The number of non-ortho nitro benzene ring substituents is 1. The second kappa shape index (κ2) is 7.30. The summed E-state index contributed by atoms with van der Waals surface area (Å²) in [6, 6.07) is 7.23. The minimum absolute atomic E-state index is 0.160. The number of carbonyl (C=O) groups excluding carboxylic acids is 1. The summed E-state index contributed by atoms with van der Waals surface area (Å²) in [6.45, 7) is -2.08. The molecule has 0 bridgehead atoms. The summed E-state index contributed by atoms with van der Waals surface area (Å²) in [6.07, 6.45) is -4.51. The molecule has 1 N–H and O–H groups in total. The number of nitro benzene ring substituents is 1. The Bertz CT molecular complexity index is 732. The third-order valence-electron chi connectivity index (χ3n) is 2.81. The summed E-state index contributed by atoms with van der Waals surface area (Å²) < 4.78 is 41.3. The Morgan fingerprint density at radius 2 is 2.08 bits per heavy atom. The zero-order chi connectivity index (χ0) is 17.7. The number of halogens is 3. The Hall–Kier alpha value is -2.62. The molecule has 2 aromatic rings. The van der Waals surface area contributed by atoms with Crippen LogP contribution >= 0.6 is 11.3 Å². The van der Waals surface area contributed by atoms with Crippen molar-refractivity contribution in [1.82, 2.24) is 5.32 Å². The Morgan fingerprint density at radius 1 is 1.33 bits per heavy atom. The van der Waals surface area contributed by atoms with Gasteiger partial charge >= 0.3 is 6.18 Å². The molecule has 0 aliphatic rings. The monoisotopic (exact) mass is 360 g/mol. The van der Waals surface area contributed by atoms with Crippen LogP contribution in [-0.2, 0) is 4.79 Å². The summed E-state index contributed by atoms with van der Waals surface area (Å²) in [5, 5.41) is 14.3. The first-order valence-corrected chi connectivity index (χ1v) is 7.43. The number of rotatable bonds is 6. The van der Waals surface area contributed by atoms with Gasteiger partial charge in [0.2, 0.25) is 0 Å². The molecule has 0 atom stereocenters. The third-order valence-corrected chi connectivity index (χ3v) is 3.71. The number of nitrogens with one attached hydrogen (secondary N) is 1. The number of hydrogen-bond acceptors (Lipinski definition) is 5. The summed E-state index contributed by atoms with van der Waals surface area (Å²) in [7, 11) is 0. The average Bonchev–Trinajstić information content (AvgIpc) is 3.04. The molecular formula is C14H11F3N2O4S. The van der Waals surface area contributed by atoms with Crippen molar-refractivity contribution >= 4 is 22.9 Å². The molecule has 0 aliphatic heterocycles. The van der Waals surface area contributed by atoms with Crippen LogP contribution in [-0.4, -0.2) is 30.2 Å². The molecule has 0 aliphatic carbocycles. The first-order valence-electron chi connectivity index (χ1n) is 6.55. The van der Waals surface area contributed by atoms with Gasteiger partial charge in [0.25, 0.3) is 11.6 Å². The fourth-order valence-corrected chi connectivity index (χ4v) is 2.52. The molecule has 0 spiro atoms. The van der Waals surface area contributed by atoms with E-state index in [4.69, 9.17) is 4.74 Å². The normalized spacial score (nSPS) is 11.1. The van der Waals surface area contributed by atoms with E-state index in [0.29, 0.717) is 10.4 Å². The second-order valence-corrected chi connectivity index (χ2v) is 5.54. The van der Waals surface area contributed by atoms with E-state index >= 15 is 0 Å². The van der Waals surface area contributed by atoms with E-state index in [0.717, 1.165) is 0 Å². The maximum Gasteiger partial charge on any atom is 0.405 e. The van der Waals surface area contributed by atoms with Crippen molar-refractivity contribution < 1.29 is 27.6 Å². The van der Waals surface area contributed by atoms with Crippen LogP contribution in [0.5, 0.6) is 5.75 Å². The molecule has 0 fully saturated rings. The van der Waals surface area contributed by atoms with E-state index < -0.39 is 30.2 Å². The van der Waals surface area contributed by atoms with E-state index in [9.17, 15) is 28.1 Å². The van der Waals surface area contributed by atoms with Gasteiger partial charge in [-0.1, -0.05) is 6.07 Å². The van der Waals surface area contributed by atoms with Gasteiger partial charge in [0.1, 0.15) is 12.3 Å². The van der Waals surface area contributed by atoms with Gasteiger partial charge in [0, 0.05) is 22.6 Å². The summed E-state index contributed by atoms with van der Waals surface area (Å²) >= 11 is 1.31. The Labute approximate surface area is 138 Å². The highest BCUT2D eigenvalue weighted by atomic mass is 32.1. The summed E-state index contributed by atoms with van der Waals surface area (Å²) in [5.74, 6) is -0.770. The molecule has 1 aromatic heterocycles. The smallest absolute Gasteiger partial charge is 0.405 e. The number of hydrogen-bond donors (Lipinski definition) is 1. The van der Waals surface area contributed by atoms with Crippen molar-refractivity contribution in [2.75, 3.05) is 13.2 Å². The number of carbonyl (C=O) groups is 1. The fraction of sp³-hybridized carbons (Fsp3) is 0.214. The predicted octanol–water partition coefficient (Wildman–Crippen LogP) is 3.38. The highest BCUT2D eigenvalue weighted by Gasteiger charge is 2.27. The summed E-state index contributed by atoms with van der Waals surface area (Å²) in [5.41, 5.74) is 0.232. The van der Waals surface area contributed by atoms with Crippen LogP contribution in [0.2, 0.25) is 0 Å². The van der Waals surface area contributed by atoms with Crippen LogP contribution in [0.25, 0.3) is 10.4 Å². The second-order valence-electron chi connectivity index (χ2n) is 4.60. The first kappa shape index (κ1) is 17.7. The standard InChI is InChI=1S/C14H11F3N2O4S/c15-14(16,17)8-18-13(20)7-23-11-4-3-9(19(21)22)6-10(11)12-2-1-5-24-12/h1-6H,7-8H2,(H,18,20). The van der Waals surface area contributed by atoms with E-state index in [-0.39, 0.29) is 11.4 Å². The molecule has 0 radical (unpaired) electrons. The number of amides is 1. The van der Waals surface area contributed by atoms with Crippen molar-refractivity contribution in [3.63, 3.8) is 0 Å². The van der Waals surface area contributed by atoms with Gasteiger partial charge in [-0.15, -0.1) is 11.3 Å². The lowest BCUT2D eigenvalue weighted by atomic mass is 10.1. The predicted molar refractivity (Wildman–Crippen MR) is 81.0 cm³/mol. The molecule has 24 heavy (non-hydrogen) atoms. The van der Waals surface area contributed by atoms with Crippen LogP contribution in [0, 0.1) is 10.1 Å². The summed E-state index contributed by atoms with van der Waals surface area (Å²) in [4.78, 5) is 22.4. The van der Waals surface area contributed by atoms with Gasteiger partial charge in [-0.05, 0) is 17.5 Å². The zero-order valence-electron chi connectivity index (χ0n) is 12.0. The number of benzene rings is 1. The van der Waals surface area contributed by atoms with Crippen molar-refractivity contribution in [2.24, 2.45) is 0 Å². The van der Waals surface area contributed by atoms with Gasteiger partial charge in [-0.3, -0.25) is 14.9 Å². The molecule has 1 amide bonds. The van der Waals surface area contributed by atoms with E-state index in [1.165, 1.54) is 29.5 Å². The highest BCUT2D eigenvalue weighted by Crippen LogP contribution is 2.36. The molecule has 0 saturated carbocycles. The molecule has 0 unspecified atom stereocenters. The number of alkyl halides is 3. The SMILES string of the molecule is O=C(COc1ccc([N+](=O)[O-])cc1-c1cccs1)NCC(F)(F)F. The van der Waals surface area contributed by atoms with E-state index in [2.05, 4.69) is 0 Å². The number of nitro groups is 1. The molecule has 1 heterocycles. The van der Waals surface area contributed by atoms with Crippen molar-refractivity contribution in [3.05, 3.63) is 45.8 Å². The van der Waals surface area contributed by atoms with Crippen LogP contribution < -0.4 is 10.1 Å². The molecule has 128 valence electrons. The molecule has 6 nitrogen and oxygen atoms in total. The quantitative estimate of drug-likeness (QED) is 0.632. The van der Waals surface area contributed by atoms with Gasteiger partial charge in [-0.2, -0.15) is 13.2 Å². The lowest BCUT2D eigenvalue weighted by molar-refractivity contribution is -0.384. The van der Waals surface area contributed by atoms with Gasteiger partial charge in [-0.25, -0.2) is 0 Å². The zero-order valence-corrected chi connectivity index (χ0v) is 12.8. The molecule has 0 saturated heterocycles. The topological polar surface area (TPSA) is 81.5 Å². The number of ether oxygens (including phenoxy) is 1. The average molecular weight is 360 g/mol. The van der Waals surface area contributed by atoms with Crippen molar-refractivity contribution in [2.45, 2.75) is 6.18 Å². The van der Waals surface area contributed by atoms with Crippen molar-refractivity contribution in [3.8, 4) is 16.2 Å². The lowest BCUT2D eigenvalue weighted by Gasteiger charge is -2.11. The van der Waals surface area contributed by atoms with Crippen molar-refractivity contribution in [1.29, 1.82) is 0 Å². The number of nitrogens with zero attached hydrogens (tertiary/aromatic N) is 1. The largest absolute Gasteiger partial charge is 0.483 e. The molecule has 2 rings (SSSR count). The van der Waals surface area contributed by atoms with E-state index in [1.54, 1.807) is 22.8 Å². The first-order chi connectivity index (χ1) is 11.3. The Morgan fingerprint density at radius 3 is 2.67 bits per heavy atom. The van der Waals surface area contributed by atoms with Gasteiger partial charge < -0.3 is 10.1 Å². The highest BCUT2D eigenvalue weighted by molar-refractivity contribution is 7.13. The minimum Gasteiger partial charge on any atom is -0.483 e. The molecular weight excluding hydrogens is 349 g/mol. The van der Waals surface area contributed by atoms with E-state index in [1.807, 2.05) is 0 Å². The third kappa shape index (κ3) is 4.95. The molecule has 10 heteroatoms. The van der Waals surface area contributed by atoms with Gasteiger partial charge in [0.05, 0.1) is 4.92 Å². The minimum atomic E-state index is -4.51.